The molecule has 0 aliphatic heterocycles. The molecule has 0 radical (unpaired) electrons. The molecule has 1 aromatic rings. The fraction of sp³-hybridized carbons (Fsp3) is 0.333. The van der Waals surface area contributed by atoms with Crippen LogP contribution in [0.3, 0.4) is 0 Å². The van der Waals surface area contributed by atoms with E-state index in [0.717, 1.165) is 0 Å². The van der Waals surface area contributed by atoms with E-state index in [4.69, 9.17) is 11.6 Å². The number of hydrogen-bond acceptors (Lipinski definition) is 1. The molecule has 0 bridgehead atoms. The molecule has 0 saturated carbocycles. The van der Waals surface area contributed by atoms with Gasteiger partial charge in [0.1, 0.15) is 16.7 Å². The maximum atomic E-state index is 13.3. The number of nitrogens with one attached hydrogen (secondary N) is 1. The topological polar surface area (TPSA) is 12.0 Å². The maximum Gasteiger partial charge on any atom is 0.152 e. The monoisotopic (exact) mass is 223 g/mol. The van der Waals surface area contributed by atoms with Crippen molar-refractivity contribution in [2.45, 2.75) is 13.0 Å². The normalized spacial score (nSPS) is 13.0. The molecule has 1 aromatic carbocycles. The lowest BCUT2D eigenvalue weighted by atomic mass is 10.1. The Balaban J connectivity index is 3.36. The van der Waals surface area contributed by atoms with Gasteiger partial charge in [0.25, 0.3) is 0 Å². The van der Waals surface area contributed by atoms with E-state index in [1.165, 1.54) is 0 Å². The van der Waals surface area contributed by atoms with Crippen LogP contribution in [-0.4, -0.2) is 7.05 Å². The van der Waals surface area contributed by atoms with E-state index in [0.29, 0.717) is 6.07 Å². The van der Waals surface area contributed by atoms with Crippen LogP contribution < -0.4 is 5.32 Å². The first-order chi connectivity index (χ1) is 6.49. The van der Waals surface area contributed by atoms with Crippen LogP contribution >= 0.6 is 11.6 Å². The predicted molar refractivity (Wildman–Crippen MR) is 48.8 cm³/mol. The highest BCUT2D eigenvalue weighted by molar-refractivity contribution is 6.30. The van der Waals surface area contributed by atoms with Crippen LogP contribution in [0.2, 0.25) is 5.02 Å². The van der Waals surface area contributed by atoms with E-state index in [-0.39, 0.29) is 5.56 Å². The molecule has 78 valence electrons. The van der Waals surface area contributed by atoms with Gasteiger partial charge in [0, 0.05) is 17.7 Å². The van der Waals surface area contributed by atoms with E-state index in [9.17, 15) is 13.2 Å². The molecule has 5 heteroatoms. The van der Waals surface area contributed by atoms with Crippen molar-refractivity contribution in [2.75, 3.05) is 7.05 Å². The SMILES string of the molecule is CN[C@H](C)c1c(F)cc(F)c(Cl)c1F. The lowest BCUT2D eigenvalue weighted by Crippen LogP contribution is -2.16. The summed E-state index contributed by atoms with van der Waals surface area (Å²) >= 11 is 5.31. The van der Waals surface area contributed by atoms with Crippen LogP contribution in [0.4, 0.5) is 13.2 Å². The lowest BCUT2D eigenvalue weighted by molar-refractivity contribution is 0.491. The van der Waals surface area contributed by atoms with Crippen LogP contribution in [0.25, 0.3) is 0 Å². The Bertz CT molecular complexity index is 354. The lowest BCUT2D eigenvalue weighted by Gasteiger charge is -2.13. The Morgan fingerprint density at radius 3 is 2.36 bits per heavy atom. The first-order valence-corrected chi connectivity index (χ1v) is 4.37. The summed E-state index contributed by atoms with van der Waals surface area (Å²) < 4.78 is 39.2. The highest BCUT2D eigenvalue weighted by Gasteiger charge is 2.20. The molecule has 0 saturated heterocycles. The first kappa shape index (κ1) is 11.3. The van der Waals surface area contributed by atoms with Crippen molar-refractivity contribution in [2.24, 2.45) is 0 Å². The van der Waals surface area contributed by atoms with Crippen molar-refractivity contribution in [3.8, 4) is 0 Å². The van der Waals surface area contributed by atoms with Gasteiger partial charge in [-0.05, 0) is 14.0 Å². The quantitative estimate of drug-likeness (QED) is 0.600. The second kappa shape index (κ2) is 4.19. The number of halogens is 4. The van der Waals surface area contributed by atoms with Gasteiger partial charge < -0.3 is 5.32 Å². The van der Waals surface area contributed by atoms with Gasteiger partial charge in [0.05, 0.1) is 0 Å². The third kappa shape index (κ3) is 1.86. The molecule has 14 heavy (non-hydrogen) atoms. The minimum Gasteiger partial charge on any atom is -0.313 e. The smallest absolute Gasteiger partial charge is 0.152 e. The van der Waals surface area contributed by atoms with E-state index >= 15 is 0 Å². The molecule has 0 aromatic heterocycles. The van der Waals surface area contributed by atoms with Gasteiger partial charge >= 0.3 is 0 Å². The minimum absolute atomic E-state index is 0.251. The third-order valence-corrected chi connectivity index (χ3v) is 2.36. The highest BCUT2D eigenvalue weighted by Crippen LogP contribution is 2.28. The summed E-state index contributed by atoms with van der Waals surface area (Å²) in [5.74, 6) is -3.08. The maximum absolute atomic E-state index is 13.3. The summed E-state index contributed by atoms with van der Waals surface area (Å²) in [6.07, 6.45) is 0. The highest BCUT2D eigenvalue weighted by atomic mass is 35.5. The summed E-state index contributed by atoms with van der Waals surface area (Å²) in [5, 5.41) is 1.97. The molecule has 0 aliphatic rings. The molecule has 0 spiro atoms. The fourth-order valence-corrected chi connectivity index (χ4v) is 1.28. The summed E-state index contributed by atoms with van der Waals surface area (Å²) in [6, 6.07) is 0.0160. The summed E-state index contributed by atoms with van der Waals surface area (Å²) in [4.78, 5) is 0. The summed E-state index contributed by atoms with van der Waals surface area (Å²) in [7, 11) is 1.54. The molecule has 0 unspecified atom stereocenters. The van der Waals surface area contributed by atoms with Crippen molar-refractivity contribution >= 4 is 11.6 Å². The largest absolute Gasteiger partial charge is 0.313 e. The predicted octanol–water partition coefficient (Wildman–Crippen LogP) is 3.04. The van der Waals surface area contributed by atoms with Gasteiger partial charge in [-0.25, -0.2) is 13.2 Å². The summed E-state index contributed by atoms with van der Waals surface area (Å²) in [5.41, 5.74) is -0.251. The van der Waals surface area contributed by atoms with Gasteiger partial charge in [0.15, 0.2) is 5.82 Å². The average molecular weight is 224 g/mol. The Kier molecular flexibility index (Phi) is 3.39. The van der Waals surface area contributed by atoms with Crippen LogP contribution in [-0.2, 0) is 0 Å². The Hall–Kier alpha value is -0.740. The molecule has 1 N–H and O–H groups in total. The van der Waals surface area contributed by atoms with E-state index in [1.54, 1.807) is 14.0 Å². The third-order valence-electron chi connectivity index (χ3n) is 2.02. The van der Waals surface area contributed by atoms with Gasteiger partial charge in [-0.1, -0.05) is 11.6 Å². The van der Waals surface area contributed by atoms with Crippen molar-refractivity contribution in [1.29, 1.82) is 0 Å². The van der Waals surface area contributed by atoms with Crippen LogP contribution in [0.5, 0.6) is 0 Å². The van der Waals surface area contributed by atoms with Gasteiger partial charge in [-0.15, -0.1) is 0 Å². The van der Waals surface area contributed by atoms with E-state index < -0.39 is 28.5 Å². The standard InChI is InChI=1S/C9H9ClF3N/c1-4(14-2)7-5(11)3-6(12)8(10)9(7)13/h3-4,14H,1-2H3/t4-/m1/s1. The Morgan fingerprint density at radius 2 is 1.86 bits per heavy atom. The van der Waals surface area contributed by atoms with Gasteiger partial charge in [0.2, 0.25) is 0 Å². The first-order valence-electron chi connectivity index (χ1n) is 3.99. The van der Waals surface area contributed by atoms with E-state index in [1.807, 2.05) is 0 Å². The van der Waals surface area contributed by atoms with Crippen LogP contribution in [0, 0.1) is 17.5 Å². The zero-order valence-corrected chi connectivity index (χ0v) is 8.42. The zero-order valence-electron chi connectivity index (χ0n) is 7.67. The molecule has 0 heterocycles. The van der Waals surface area contributed by atoms with Crippen LogP contribution in [0.1, 0.15) is 18.5 Å². The van der Waals surface area contributed by atoms with Gasteiger partial charge in [-0.3, -0.25) is 0 Å². The zero-order chi connectivity index (χ0) is 10.9. The Morgan fingerprint density at radius 1 is 1.29 bits per heavy atom. The van der Waals surface area contributed by atoms with E-state index in [2.05, 4.69) is 5.32 Å². The Labute approximate surface area is 84.9 Å². The van der Waals surface area contributed by atoms with Crippen molar-refractivity contribution in [1.82, 2.24) is 5.32 Å². The number of hydrogen-bond donors (Lipinski definition) is 1. The molecule has 0 aliphatic carbocycles. The molecule has 0 amide bonds. The molecular formula is C9H9ClF3N. The number of rotatable bonds is 2. The molecule has 1 rings (SSSR count). The summed E-state index contributed by atoms with van der Waals surface area (Å²) in [6.45, 7) is 1.55. The van der Waals surface area contributed by atoms with Crippen LogP contribution in [0.15, 0.2) is 6.07 Å². The molecule has 1 atom stereocenters. The molecule has 0 fully saturated rings. The van der Waals surface area contributed by atoms with Gasteiger partial charge in [-0.2, -0.15) is 0 Å². The second-order valence-corrected chi connectivity index (χ2v) is 3.27. The molecular weight excluding hydrogens is 215 g/mol. The minimum atomic E-state index is -1.09. The molecule has 1 nitrogen and oxygen atoms in total. The number of benzene rings is 1. The fourth-order valence-electron chi connectivity index (χ4n) is 1.12. The van der Waals surface area contributed by atoms with Crippen molar-refractivity contribution in [3.63, 3.8) is 0 Å². The average Bonchev–Trinajstić information content (AvgIpc) is 2.14. The van der Waals surface area contributed by atoms with Crippen molar-refractivity contribution < 1.29 is 13.2 Å². The van der Waals surface area contributed by atoms with Crippen molar-refractivity contribution in [3.05, 3.63) is 34.1 Å². The second-order valence-electron chi connectivity index (χ2n) is 2.89.